The summed E-state index contributed by atoms with van der Waals surface area (Å²) >= 11 is 0. The van der Waals surface area contributed by atoms with E-state index in [1.165, 1.54) is 4.90 Å². The minimum Gasteiger partial charge on any atom is -0.496 e. The first-order valence-corrected chi connectivity index (χ1v) is 9.75. The van der Waals surface area contributed by atoms with Gasteiger partial charge in [-0.1, -0.05) is 42.0 Å². The molecule has 1 aliphatic heterocycles. The Labute approximate surface area is 167 Å². The molecule has 2 aromatic rings. The number of hydrogen-bond acceptors (Lipinski definition) is 3. The number of amides is 1. The normalized spacial score (nSPS) is 16.1. The van der Waals surface area contributed by atoms with E-state index in [9.17, 15) is 4.79 Å². The minimum atomic E-state index is -0.106. The Morgan fingerprint density at radius 3 is 2.68 bits per heavy atom. The van der Waals surface area contributed by atoms with Crippen LogP contribution in [0.4, 0.5) is 0 Å². The molecule has 0 bridgehead atoms. The number of quaternary nitrogens is 1. The van der Waals surface area contributed by atoms with Crippen molar-refractivity contribution >= 4 is 12.0 Å². The lowest BCUT2D eigenvalue weighted by atomic mass is 10.1. The molecule has 1 aliphatic rings. The zero-order valence-electron chi connectivity index (χ0n) is 16.6. The fourth-order valence-electron chi connectivity index (χ4n) is 3.46. The molecule has 1 fully saturated rings. The van der Waals surface area contributed by atoms with Crippen molar-refractivity contribution in [2.24, 2.45) is 0 Å². The largest absolute Gasteiger partial charge is 0.496 e. The molecule has 148 valence electrons. The number of nitrogens with one attached hydrogen (secondary N) is 2. The van der Waals surface area contributed by atoms with E-state index in [2.05, 4.69) is 17.4 Å². The van der Waals surface area contributed by atoms with Crippen LogP contribution in [0.1, 0.15) is 22.7 Å². The van der Waals surface area contributed by atoms with Gasteiger partial charge in [0.2, 0.25) is 5.91 Å². The SMILES string of the molecule is COc1ccc(C)cc1/C=C/C(=O)N[C@@H](C[NH+]1CCOCC1)c1ccccc1. The molecule has 0 aliphatic carbocycles. The summed E-state index contributed by atoms with van der Waals surface area (Å²) in [5.74, 6) is 0.650. The van der Waals surface area contributed by atoms with Gasteiger partial charge in [-0.15, -0.1) is 0 Å². The van der Waals surface area contributed by atoms with E-state index < -0.39 is 0 Å². The molecule has 28 heavy (non-hydrogen) atoms. The van der Waals surface area contributed by atoms with Gasteiger partial charge in [-0.25, -0.2) is 0 Å². The van der Waals surface area contributed by atoms with Crippen LogP contribution in [0.3, 0.4) is 0 Å². The average molecular weight is 381 g/mol. The molecule has 1 atom stereocenters. The molecular formula is C23H29N2O3+. The number of carbonyl (C=O) groups is 1. The molecular weight excluding hydrogens is 352 g/mol. The molecule has 1 amide bonds. The highest BCUT2D eigenvalue weighted by Gasteiger charge is 2.22. The van der Waals surface area contributed by atoms with Crippen molar-refractivity contribution in [1.82, 2.24) is 5.32 Å². The Morgan fingerprint density at radius 1 is 1.21 bits per heavy atom. The predicted octanol–water partition coefficient (Wildman–Crippen LogP) is 1.79. The number of carbonyl (C=O) groups excluding carboxylic acids is 1. The van der Waals surface area contributed by atoms with Crippen LogP contribution in [-0.4, -0.2) is 45.9 Å². The Balaban J connectivity index is 1.71. The fraction of sp³-hybridized carbons (Fsp3) is 0.348. The maximum absolute atomic E-state index is 12.7. The maximum atomic E-state index is 12.7. The average Bonchev–Trinajstić information content (AvgIpc) is 2.73. The second-order valence-corrected chi connectivity index (χ2v) is 7.12. The van der Waals surface area contributed by atoms with Crippen LogP contribution in [0.25, 0.3) is 6.08 Å². The molecule has 0 aromatic heterocycles. The summed E-state index contributed by atoms with van der Waals surface area (Å²) in [6.45, 7) is 6.36. The van der Waals surface area contributed by atoms with Crippen LogP contribution < -0.4 is 15.0 Å². The summed E-state index contributed by atoms with van der Waals surface area (Å²) in [5.41, 5.74) is 3.14. The highest BCUT2D eigenvalue weighted by molar-refractivity contribution is 5.92. The highest BCUT2D eigenvalue weighted by atomic mass is 16.5. The summed E-state index contributed by atoms with van der Waals surface area (Å²) in [7, 11) is 1.64. The van der Waals surface area contributed by atoms with Crippen LogP contribution in [0.2, 0.25) is 0 Å². The topological polar surface area (TPSA) is 52.0 Å². The third-order valence-electron chi connectivity index (χ3n) is 5.01. The lowest BCUT2D eigenvalue weighted by Gasteiger charge is -2.28. The quantitative estimate of drug-likeness (QED) is 0.719. The van der Waals surface area contributed by atoms with Crippen LogP contribution >= 0.6 is 0 Å². The molecule has 5 nitrogen and oxygen atoms in total. The number of morpholine rings is 1. The zero-order chi connectivity index (χ0) is 19.8. The number of aryl methyl sites for hydroxylation is 1. The van der Waals surface area contributed by atoms with Gasteiger partial charge >= 0.3 is 0 Å². The van der Waals surface area contributed by atoms with Crippen LogP contribution in [-0.2, 0) is 9.53 Å². The molecule has 1 heterocycles. The van der Waals surface area contributed by atoms with E-state index in [-0.39, 0.29) is 11.9 Å². The smallest absolute Gasteiger partial charge is 0.244 e. The minimum absolute atomic E-state index is 0.0362. The van der Waals surface area contributed by atoms with Gasteiger partial charge in [-0.05, 0) is 30.7 Å². The van der Waals surface area contributed by atoms with Crippen LogP contribution in [0.15, 0.2) is 54.6 Å². The van der Waals surface area contributed by atoms with Crippen LogP contribution in [0, 0.1) is 6.92 Å². The van der Waals surface area contributed by atoms with Gasteiger partial charge in [0, 0.05) is 11.6 Å². The van der Waals surface area contributed by atoms with Gasteiger partial charge in [-0.3, -0.25) is 4.79 Å². The zero-order valence-corrected chi connectivity index (χ0v) is 16.6. The van der Waals surface area contributed by atoms with E-state index >= 15 is 0 Å². The summed E-state index contributed by atoms with van der Waals surface area (Å²) in [6.07, 6.45) is 3.40. The lowest BCUT2D eigenvalue weighted by Crippen LogP contribution is -3.14. The van der Waals surface area contributed by atoms with Crippen molar-refractivity contribution in [3.63, 3.8) is 0 Å². The van der Waals surface area contributed by atoms with E-state index in [4.69, 9.17) is 9.47 Å². The molecule has 3 rings (SSSR count). The first-order valence-electron chi connectivity index (χ1n) is 9.75. The molecule has 2 aromatic carbocycles. The summed E-state index contributed by atoms with van der Waals surface area (Å²) < 4.78 is 10.8. The van der Waals surface area contributed by atoms with Crippen molar-refractivity contribution in [3.8, 4) is 5.75 Å². The second kappa shape index (κ2) is 10.1. The van der Waals surface area contributed by atoms with Gasteiger partial charge in [0.15, 0.2) is 0 Å². The first kappa shape index (κ1) is 20.1. The number of hydrogen-bond donors (Lipinski definition) is 2. The molecule has 0 saturated carbocycles. The van der Waals surface area contributed by atoms with E-state index in [1.54, 1.807) is 13.2 Å². The number of rotatable bonds is 7. The van der Waals surface area contributed by atoms with Gasteiger partial charge in [0.05, 0.1) is 20.3 Å². The number of benzene rings is 2. The molecule has 0 unspecified atom stereocenters. The molecule has 2 N–H and O–H groups in total. The summed E-state index contributed by atoms with van der Waals surface area (Å²) in [6, 6.07) is 16.0. The lowest BCUT2D eigenvalue weighted by molar-refractivity contribution is -0.909. The van der Waals surface area contributed by atoms with Gasteiger partial charge < -0.3 is 19.7 Å². The standard InChI is InChI=1S/C23H28N2O3/c1-18-8-10-22(27-2)20(16-18)9-11-23(26)24-21(19-6-4-3-5-7-19)17-25-12-14-28-15-13-25/h3-11,16,21H,12-15,17H2,1-2H3,(H,24,26)/p+1/b11-9+/t21-/m0/s1. The highest BCUT2D eigenvalue weighted by Crippen LogP contribution is 2.21. The van der Waals surface area contributed by atoms with E-state index in [0.29, 0.717) is 0 Å². The van der Waals surface area contributed by atoms with Gasteiger partial charge in [-0.2, -0.15) is 0 Å². The first-order chi connectivity index (χ1) is 13.7. The number of ether oxygens (including phenoxy) is 2. The number of methoxy groups -OCH3 is 1. The van der Waals surface area contributed by atoms with Gasteiger partial charge in [0.25, 0.3) is 0 Å². The van der Waals surface area contributed by atoms with Crippen molar-refractivity contribution in [1.29, 1.82) is 0 Å². The van der Waals surface area contributed by atoms with E-state index in [0.717, 1.165) is 55.3 Å². The Hall–Kier alpha value is -2.63. The van der Waals surface area contributed by atoms with Crippen molar-refractivity contribution in [2.45, 2.75) is 13.0 Å². The maximum Gasteiger partial charge on any atom is 0.244 e. The van der Waals surface area contributed by atoms with E-state index in [1.807, 2.05) is 49.4 Å². The predicted molar refractivity (Wildman–Crippen MR) is 110 cm³/mol. The third-order valence-corrected chi connectivity index (χ3v) is 5.01. The molecule has 0 spiro atoms. The van der Waals surface area contributed by atoms with Crippen molar-refractivity contribution < 1.29 is 19.2 Å². The molecule has 1 saturated heterocycles. The fourth-order valence-corrected chi connectivity index (χ4v) is 3.46. The summed E-state index contributed by atoms with van der Waals surface area (Å²) in [5, 5.41) is 3.17. The third kappa shape index (κ3) is 5.68. The Morgan fingerprint density at radius 2 is 1.96 bits per heavy atom. The van der Waals surface area contributed by atoms with Crippen molar-refractivity contribution in [2.75, 3.05) is 40.0 Å². The van der Waals surface area contributed by atoms with Crippen molar-refractivity contribution in [3.05, 3.63) is 71.3 Å². The van der Waals surface area contributed by atoms with Gasteiger partial charge in [0.1, 0.15) is 31.4 Å². The Kier molecular flexibility index (Phi) is 7.23. The monoisotopic (exact) mass is 381 g/mol. The summed E-state index contributed by atoms with van der Waals surface area (Å²) in [4.78, 5) is 14.1. The van der Waals surface area contributed by atoms with Crippen LogP contribution in [0.5, 0.6) is 5.75 Å². The Bertz CT molecular complexity index is 799. The second-order valence-electron chi connectivity index (χ2n) is 7.12. The molecule has 5 heteroatoms. The molecule has 0 radical (unpaired) electrons.